The van der Waals surface area contributed by atoms with Crippen LogP contribution in [0.25, 0.3) is 0 Å². The number of carboxylic acids is 1. The number of carbonyl (C=O) groups is 4. The molecule has 0 aliphatic heterocycles. The van der Waals surface area contributed by atoms with Crippen LogP contribution in [0.3, 0.4) is 0 Å². The first kappa shape index (κ1) is 29.4. The molecule has 0 radical (unpaired) electrons. The minimum absolute atomic E-state index is 0.0617. The summed E-state index contributed by atoms with van der Waals surface area (Å²) in [6.45, 7) is 3.14. The smallest absolute Gasteiger partial charge is 0.328 e. The summed E-state index contributed by atoms with van der Waals surface area (Å²) in [7, 11) is 0. The van der Waals surface area contributed by atoms with Gasteiger partial charge >= 0.3 is 5.97 Å². The Morgan fingerprint density at radius 2 is 1.50 bits per heavy atom. The van der Waals surface area contributed by atoms with Gasteiger partial charge in [-0.15, -0.1) is 0 Å². The quantitative estimate of drug-likeness (QED) is 0.0501. The number of aliphatic hydroxyl groups is 1. The maximum Gasteiger partial charge on any atom is 0.328 e. The molecule has 0 aromatic carbocycles. The van der Waals surface area contributed by atoms with E-state index in [0.717, 1.165) is 0 Å². The zero-order valence-corrected chi connectivity index (χ0v) is 19.2. The first-order valence-electron chi connectivity index (χ1n) is 10.1. The minimum atomic E-state index is -1.55. The van der Waals surface area contributed by atoms with Crippen molar-refractivity contribution in [3.63, 3.8) is 0 Å². The lowest BCUT2D eigenvalue weighted by molar-refractivity contribution is -0.143. The molecule has 32 heavy (non-hydrogen) atoms. The predicted octanol–water partition coefficient (Wildman–Crippen LogP) is -3.13. The molecule has 4 unspecified atom stereocenters. The number of amides is 3. The van der Waals surface area contributed by atoms with Gasteiger partial charge in [0.25, 0.3) is 0 Å². The van der Waals surface area contributed by atoms with Gasteiger partial charge in [-0.1, -0.05) is 13.8 Å². The Balaban J connectivity index is 5.27. The number of carboxylic acid groups (broad SMARTS) is 1. The number of rotatable bonds is 15. The van der Waals surface area contributed by atoms with Crippen LogP contribution in [0.1, 0.15) is 33.1 Å². The average molecular weight is 478 g/mol. The Labute approximate surface area is 192 Å². The van der Waals surface area contributed by atoms with E-state index in [-0.39, 0.29) is 37.0 Å². The van der Waals surface area contributed by atoms with E-state index in [1.165, 1.54) is 0 Å². The maximum atomic E-state index is 12.7. The summed E-state index contributed by atoms with van der Waals surface area (Å²) in [5, 5.41) is 25.3. The van der Waals surface area contributed by atoms with E-state index < -0.39 is 54.5 Å². The summed E-state index contributed by atoms with van der Waals surface area (Å²) in [4.78, 5) is 52.3. The highest BCUT2D eigenvalue weighted by Gasteiger charge is 2.29. The molecule has 0 fully saturated rings. The van der Waals surface area contributed by atoms with Crippen molar-refractivity contribution in [2.24, 2.45) is 28.1 Å². The highest BCUT2D eigenvalue weighted by atomic mass is 32.1. The number of carbonyl (C=O) groups excluding carboxylic acids is 3. The Morgan fingerprint density at radius 1 is 0.969 bits per heavy atom. The van der Waals surface area contributed by atoms with E-state index in [1.807, 2.05) is 13.8 Å². The second kappa shape index (κ2) is 15.3. The molecule has 184 valence electrons. The van der Waals surface area contributed by atoms with Crippen molar-refractivity contribution in [2.75, 3.05) is 18.9 Å². The van der Waals surface area contributed by atoms with Crippen LogP contribution in [0.15, 0.2) is 4.99 Å². The number of aliphatic carboxylic acids is 1. The molecule has 0 bridgehead atoms. The van der Waals surface area contributed by atoms with Crippen molar-refractivity contribution < 1.29 is 29.4 Å². The molecule has 0 spiro atoms. The molecule has 3 amide bonds. The van der Waals surface area contributed by atoms with Crippen molar-refractivity contribution >= 4 is 42.3 Å². The number of hydrogen-bond acceptors (Lipinski definition) is 8. The lowest BCUT2D eigenvalue weighted by Crippen LogP contribution is -2.58. The van der Waals surface area contributed by atoms with Gasteiger partial charge in [0.05, 0.1) is 12.6 Å². The van der Waals surface area contributed by atoms with E-state index >= 15 is 0 Å². The zero-order chi connectivity index (χ0) is 24.8. The summed E-state index contributed by atoms with van der Waals surface area (Å²) in [6.07, 6.45) is 0.761. The molecule has 11 N–H and O–H groups in total. The van der Waals surface area contributed by atoms with Crippen LogP contribution < -0.4 is 33.2 Å². The Hall–Kier alpha value is -2.58. The SMILES string of the molecule is CC(C)CC(N)C(=O)NC(CS)C(=O)NC(CCCN=C(N)N)C(=O)NC(CO)C(=O)O. The second-order valence-electron chi connectivity index (χ2n) is 7.57. The lowest BCUT2D eigenvalue weighted by Gasteiger charge is -2.24. The first-order valence-corrected chi connectivity index (χ1v) is 10.7. The minimum Gasteiger partial charge on any atom is -0.480 e. The van der Waals surface area contributed by atoms with Crippen LogP contribution in [-0.4, -0.2) is 82.9 Å². The zero-order valence-electron chi connectivity index (χ0n) is 18.3. The number of aliphatic hydroxyl groups excluding tert-OH is 1. The molecule has 0 aromatic rings. The van der Waals surface area contributed by atoms with Gasteiger partial charge in [0.15, 0.2) is 5.96 Å². The van der Waals surface area contributed by atoms with Crippen molar-refractivity contribution in [3.8, 4) is 0 Å². The fraction of sp³-hybridized carbons (Fsp3) is 0.722. The first-order chi connectivity index (χ1) is 14.9. The summed E-state index contributed by atoms with van der Waals surface area (Å²) in [6, 6.07) is -4.61. The van der Waals surface area contributed by atoms with Gasteiger partial charge in [0, 0.05) is 12.3 Å². The molecule has 0 saturated carbocycles. The van der Waals surface area contributed by atoms with Gasteiger partial charge in [0.2, 0.25) is 17.7 Å². The standard InChI is InChI=1S/C18H35N7O6S/c1-9(2)6-10(19)14(27)25-13(8-32)16(29)23-11(4-3-5-22-18(20)21)15(28)24-12(7-26)17(30)31/h9-13,26,32H,3-8,19H2,1-2H3,(H,23,29)(H,24,28)(H,25,27)(H,30,31)(H4,20,21,22). The van der Waals surface area contributed by atoms with Gasteiger partial charge in [-0.2, -0.15) is 12.6 Å². The molecule has 4 atom stereocenters. The molecule has 0 aliphatic carbocycles. The van der Waals surface area contributed by atoms with Crippen molar-refractivity contribution in [2.45, 2.75) is 57.3 Å². The summed E-state index contributed by atoms with van der Waals surface area (Å²) < 4.78 is 0. The number of nitrogens with two attached hydrogens (primary N) is 3. The van der Waals surface area contributed by atoms with E-state index in [4.69, 9.17) is 27.4 Å². The topological polar surface area (TPSA) is 235 Å². The number of guanidine groups is 1. The van der Waals surface area contributed by atoms with Crippen molar-refractivity contribution in [1.82, 2.24) is 16.0 Å². The summed E-state index contributed by atoms with van der Waals surface area (Å²) in [5.41, 5.74) is 16.3. The third kappa shape index (κ3) is 11.7. The van der Waals surface area contributed by atoms with Crippen LogP contribution in [0.2, 0.25) is 0 Å². The molecular formula is C18H35N7O6S. The summed E-state index contributed by atoms with van der Waals surface area (Å²) in [5.74, 6) is -3.54. The molecule has 0 saturated heterocycles. The molecule has 0 aliphatic rings. The molecule has 0 heterocycles. The van der Waals surface area contributed by atoms with Gasteiger partial charge in [0.1, 0.15) is 18.1 Å². The van der Waals surface area contributed by atoms with Crippen LogP contribution >= 0.6 is 12.6 Å². The second-order valence-corrected chi connectivity index (χ2v) is 7.94. The highest BCUT2D eigenvalue weighted by Crippen LogP contribution is 2.05. The Kier molecular flexibility index (Phi) is 14.0. The van der Waals surface area contributed by atoms with Crippen LogP contribution in [0, 0.1) is 5.92 Å². The lowest BCUT2D eigenvalue weighted by atomic mass is 10.0. The Morgan fingerprint density at radius 3 is 1.97 bits per heavy atom. The van der Waals surface area contributed by atoms with Crippen LogP contribution in [-0.2, 0) is 19.2 Å². The van der Waals surface area contributed by atoms with E-state index in [1.54, 1.807) is 0 Å². The van der Waals surface area contributed by atoms with Crippen molar-refractivity contribution in [3.05, 3.63) is 0 Å². The third-order valence-corrected chi connectivity index (χ3v) is 4.62. The van der Waals surface area contributed by atoms with Crippen molar-refractivity contribution in [1.29, 1.82) is 0 Å². The average Bonchev–Trinajstić information content (AvgIpc) is 2.70. The molecule has 13 nitrogen and oxygen atoms in total. The monoisotopic (exact) mass is 477 g/mol. The molecular weight excluding hydrogens is 442 g/mol. The van der Waals surface area contributed by atoms with Gasteiger partial charge in [-0.25, -0.2) is 4.79 Å². The fourth-order valence-corrected chi connectivity index (χ4v) is 2.85. The summed E-state index contributed by atoms with van der Waals surface area (Å²) >= 11 is 4.07. The maximum absolute atomic E-state index is 12.7. The van der Waals surface area contributed by atoms with Crippen LogP contribution in [0.5, 0.6) is 0 Å². The molecule has 0 rings (SSSR count). The molecule has 0 aromatic heterocycles. The van der Waals surface area contributed by atoms with E-state index in [0.29, 0.717) is 6.42 Å². The number of thiol groups is 1. The van der Waals surface area contributed by atoms with Gasteiger partial charge in [-0.05, 0) is 25.2 Å². The number of aliphatic imine (C=N–C) groups is 1. The molecule has 14 heteroatoms. The van der Waals surface area contributed by atoms with E-state index in [2.05, 4.69) is 33.6 Å². The Bertz CT molecular complexity index is 672. The van der Waals surface area contributed by atoms with Gasteiger partial charge < -0.3 is 43.4 Å². The van der Waals surface area contributed by atoms with Crippen LogP contribution in [0.4, 0.5) is 0 Å². The number of nitrogens with zero attached hydrogens (tertiary/aromatic N) is 1. The largest absolute Gasteiger partial charge is 0.480 e. The highest BCUT2D eigenvalue weighted by molar-refractivity contribution is 7.80. The fourth-order valence-electron chi connectivity index (χ4n) is 2.59. The van der Waals surface area contributed by atoms with E-state index in [9.17, 15) is 19.2 Å². The number of hydrogen-bond donors (Lipinski definition) is 9. The number of nitrogens with one attached hydrogen (secondary N) is 3. The van der Waals surface area contributed by atoms with Gasteiger partial charge in [-0.3, -0.25) is 19.4 Å². The third-order valence-electron chi connectivity index (χ3n) is 4.25. The predicted molar refractivity (Wildman–Crippen MR) is 122 cm³/mol. The normalized spacial score (nSPS) is 14.6.